The molecule has 0 fully saturated rings. The monoisotopic (exact) mass is 971 g/mol. The predicted molar refractivity (Wildman–Crippen MR) is 310 cm³/mol. The summed E-state index contributed by atoms with van der Waals surface area (Å²) in [6.07, 6.45) is 0. The molecule has 5 aromatic heterocycles. The van der Waals surface area contributed by atoms with Crippen molar-refractivity contribution < 1.29 is 8.83 Å². The minimum absolute atomic E-state index is 0.556. The molecule has 0 bridgehead atoms. The topological polar surface area (TPSA) is 74.8 Å². The molecule has 7 nitrogen and oxygen atoms in total. The van der Waals surface area contributed by atoms with Crippen LogP contribution in [0.25, 0.3) is 155 Å². The molecule has 0 aliphatic carbocycles. The zero-order chi connectivity index (χ0) is 49.8. The van der Waals surface area contributed by atoms with Crippen molar-refractivity contribution in [2.75, 3.05) is 0 Å². The molecule has 0 amide bonds. The van der Waals surface area contributed by atoms with Gasteiger partial charge in [0.15, 0.2) is 17.5 Å². The lowest BCUT2D eigenvalue weighted by Crippen LogP contribution is -2.02. The van der Waals surface area contributed by atoms with Crippen molar-refractivity contribution in [2.24, 2.45) is 0 Å². The molecular formula is C69H41N5O2. The average Bonchev–Trinajstić information content (AvgIpc) is 4.30. The largest absolute Gasteiger partial charge is 0.456 e. The summed E-state index contributed by atoms with van der Waals surface area (Å²) in [5.41, 5.74) is 17.0. The van der Waals surface area contributed by atoms with Crippen LogP contribution in [0.2, 0.25) is 0 Å². The van der Waals surface area contributed by atoms with Crippen molar-refractivity contribution in [2.45, 2.75) is 0 Å². The maximum atomic E-state index is 6.43. The molecule has 0 unspecified atom stereocenters. The lowest BCUT2D eigenvalue weighted by Gasteiger charge is -2.15. The van der Waals surface area contributed by atoms with Crippen molar-refractivity contribution in [1.82, 2.24) is 24.1 Å². The van der Waals surface area contributed by atoms with Crippen LogP contribution >= 0.6 is 0 Å². The van der Waals surface area contributed by atoms with Gasteiger partial charge < -0.3 is 18.0 Å². The highest BCUT2D eigenvalue weighted by molar-refractivity contribution is 6.16. The van der Waals surface area contributed by atoms with E-state index in [0.29, 0.717) is 17.5 Å². The lowest BCUT2D eigenvalue weighted by atomic mass is 10.0. The van der Waals surface area contributed by atoms with Crippen LogP contribution < -0.4 is 0 Å². The summed E-state index contributed by atoms with van der Waals surface area (Å²) in [6.45, 7) is 0. The molecule has 0 N–H and O–H groups in total. The molecule has 0 aliphatic heterocycles. The first-order chi connectivity index (χ1) is 37.6. The van der Waals surface area contributed by atoms with Gasteiger partial charge >= 0.3 is 0 Å². The van der Waals surface area contributed by atoms with E-state index in [1.54, 1.807) is 0 Å². The van der Waals surface area contributed by atoms with Crippen LogP contribution in [0.3, 0.4) is 0 Å². The van der Waals surface area contributed by atoms with Crippen molar-refractivity contribution in [3.05, 3.63) is 249 Å². The van der Waals surface area contributed by atoms with E-state index in [9.17, 15) is 0 Å². The third-order valence-electron chi connectivity index (χ3n) is 15.2. The third kappa shape index (κ3) is 6.59. The molecule has 0 saturated carbocycles. The van der Waals surface area contributed by atoms with E-state index in [1.807, 2.05) is 42.5 Å². The minimum Gasteiger partial charge on any atom is -0.456 e. The van der Waals surface area contributed by atoms with Crippen LogP contribution in [0.4, 0.5) is 0 Å². The maximum absolute atomic E-state index is 6.43. The molecule has 7 heteroatoms. The Morgan fingerprint density at radius 1 is 0.250 bits per heavy atom. The number of aromatic nitrogens is 5. The summed E-state index contributed by atoms with van der Waals surface area (Å²) < 4.78 is 17.6. The van der Waals surface area contributed by atoms with Crippen molar-refractivity contribution in [1.29, 1.82) is 0 Å². The van der Waals surface area contributed by atoms with Gasteiger partial charge in [0.25, 0.3) is 0 Å². The van der Waals surface area contributed by atoms with Crippen LogP contribution in [0.15, 0.2) is 258 Å². The number of hydrogen-bond acceptors (Lipinski definition) is 5. The number of nitrogens with zero attached hydrogens (tertiary/aromatic N) is 5. The Bertz CT molecular complexity index is 4990. The predicted octanol–water partition coefficient (Wildman–Crippen LogP) is 18.2. The molecule has 76 heavy (non-hydrogen) atoms. The Balaban J connectivity index is 0.911. The molecule has 0 aliphatic rings. The van der Waals surface area contributed by atoms with E-state index in [4.69, 9.17) is 23.8 Å². The van der Waals surface area contributed by atoms with E-state index in [2.05, 4.69) is 215 Å². The summed E-state index contributed by atoms with van der Waals surface area (Å²) in [6, 6.07) is 87.6. The summed E-state index contributed by atoms with van der Waals surface area (Å²) in [7, 11) is 0. The van der Waals surface area contributed by atoms with Gasteiger partial charge in [-0.05, 0) is 113 Å². The number of benzene rings is 11. The number of hydrogen-bond donors (Lipinski definition) is 0. The fourth-order valence-corrected chi connectivity index (χ4v) is 11.6. The Morgan fingerprint density at radius 2 is 0.671 bits per heavy atom. The van der Waals surface area contributed by atoms with Gasteiger partial charge in [-0.2, -0.15) is 0 Å². The molecular weight excluding hydrogens is 931 g/mol. The normalized spacial score (nSPS) is 11.9. The van der Waals surface area contributed by atoms with Gasteiger partial charge in [-0.15, -0.1) is 0 Å². The smallest absolute Gasteiger partial charge is 0.164 e. The molecule has 5 heterocycles. The van der Waals surface area contributed by atoms with Gasteiger partial charge in [0, 0.05) is 65.5 Å². The second-order valence-electron chi connectivity index (χ2n) is 19.5. The molecule has 354 valence electrons. The number of furan rings is 2. The van der Waals surface area contributed by atoms with Crippen LogP contribution in [0.1, 0.15) is 0 Å². The van der Waals surface area contributed by atoms with Crippen LogP contribution in [-0.4, -0.2) is 24.1 Å². The van der Waals surface area contributed by atoms with Gasteiger partial charge in [-0.25, -0.2) is 15.0 Å². The minimum atomic E-state index is 0.556. The summed E-state index contributed by atoms with van der Waals surface area (Å²) in [5, 5.41) is 8.72. The van der Waals surface area contributed by atoms with E-state index in [1.165, 1.54) is 21.9 Å². The van der Waals surface area contributed by atoms with E-state index < -0.39 is 0 Å². The highest BCUT2D eigenvalue weighted by Crippen LogP contribution is 2.42. The van der Waals surface area contributed by atoms with Gasteiger partial charge in [-0.1, -0.05) is 158 Å². The highest BCUT2D eigenvalue weighted by atomic mass is 16.3. The SMILES string of the molecule is c1ccc(-c2ccc(-n3c4ccccc4c4cccc(-n5c6ccccc6c6ccc(-c7nc(-c8ccc9oc%10ccccc%10c9c8)nc(-c8ccc9oc%10ccc(-c%11ccccc%11)cc%10c9c8)n7)cc65)c43)cc2)cc1. The second kappa shape index (κ2) is 16.6. The molecule has 0 atom stereocenters. The summed E-state index contributed by atoms with van der Waals surface area (Å²) in [4.78, 5) is 16.0. The molecule has 0 spiro atoms. The van der Waals surface area contributed by atoms with Crippen molar-refractivity contribution >= 4 is 87.5 Å². The first-order valence-electron chi connectivity index (χ1n) is 25.6. The van der Waals surface area contributed by atoms with E-state index in [-0.39, 0.29) is 0 Å². The zero-order valence-corrected chi connectivity index (χ0v) is 40.7. The van der Waals surface area contributed by atoms with Crippen LogP contribution in [0, 0.1) is 0 Å². The van der Waals surface area contributed by atoms with Gasteiger partial charge in [-0.3, -0.25) is 0 Å². The third-order valence-corrected chi connectivity index (χ3v) is 15.2. The van der Waals surface area contributed by atoms with Gasteiger partial charge in [0.05, 0.1) is 27.8 Å². The summed E-state index contributed by atoms with van der Waals surface area (Å²) in [5.74, 6) is 1.68. The second-order valence-corrected chi connectivity index (χ2v) is 19.5. The van der Waals surface area contributed by atoms with Gasteiger partial charge in [0.1, 0.15) is 22.3 Å². The fourth-order valence-electron chi connectivity index (χ4n) is 11.6. The first-order valence-corrected chi connectivity index (χ1v) is 25.6. The molecule has 0 saturated heterocycles. The van der Waals surface area contributed by atoms with Crippen LogP contribution in [0.5, 0.6) is 0 Å². The number of fused-ring (bicyclic) bond motifs is 12. The Hall–Kier alpha value is -10.4. The van der Waals surface area contributed by atoms with Crippen LogP contribution in [-0.2, 0) is 0 Å². The van der Waals surface area contributed by atoms with E-state index >= 15 is 0 Å². The first kappa shape index (κ1) is 42.2. The van der Waals surface area contributed by atoms with Crippen molar-refractivity contribution in [3.63, 3.8) is 0 Å². The number of para-hydroxylation sites is 4. The standard InChI is InChI=1S/C69H41N5O2/c1-3-14-42(15-4-1)44-26-32-49(33-27-44)73-58-22-10-8-19-51(58)54-21-13-24-60(66(54)73)74-59-23-11-7-18-50(59)52-34-28-48(41-61(52)74)69-71-67(46-30-36-63-55(39-46)53-20-9-12-25-62(53)75-63)70-68(72-69)47-31-37-65-57(40-47)56-38-45(29-35-64(56)76-65)43-16-5-2-6-17-43/h1-41H. The number of rotatable bonds is 7. The average molecular weight is 972 g/mol. The van der Waals surface area contributed by atoms with Gasteiger partial charge in [0.2, 0.25) is 0 Å². The molecule has 0 radical (unpaired) electrons. The Labute approximate surface area is 434 Å². The Kier molecular flexibility index (Phi) is 9.20. The highest BCUT2D eigenvalue weighted by Gasteiger charge is 2.22. The lowest BCUT2D eigenvalue weighted by molar-refractivity contribution is 0.668. The molecule has 11 aromatic carbocycles. The molecule has 16 aromatic rings. The summed E-state index contributed by atoms with van der Waals surface area (Å²) >= 11 is 0. The Morgan fingerprint density at radius 3 is 1.32 bits per heavy atom. The maximum Gasteiger partial charge on any atom is 0.164 e. The van der Waals surface area contributed by atoms with Crippen molar-refractivity contribution in [3.8, 4) is 67.8 Å². The zero-order valence-electron chi connectivity index (χ0n) is 40.7. The fraction of sp³-hybridized carbons (Fsp3) is 0. The quantitative estimate of drug-likeness (QED) is 0.159. The molecule has 16 rings (SSSR count). The van der Waals surface area contributed by atoms with E-state index in [0.717, 1.165) is 116 Å².